The number of carbonyl (C=O) groups is 3. The summed E-state index contributed by atoms with van der Waals surface area (Å²) in [5, 5.41) is 20.2. The number of rotatable bonds is 7. The van der Waals surface area contributed by atoms with Crippen LogP contribution in [0.4, 0.5) is 11.4 Å². The zero-order valence-corrected chi connectivity index (χ0v) is 18.8. The van der Waals surface area contributed by atoms with Crippen molar-refractivity contribution in [2.45, 2.75) is 12.5 Å². The third-order valence-electron chi connectivity index (χ3n) is 6.08. The van der Waals surface area contributed by atoms with E-state index < -0.39 is 28.7 Å². The third kappa shape index (κ3) is 5.18. The Morgan fingerprint density at radius 3 is 2.54 bits per heavy atom. The first-order chi connectivity index (χ1) is 16.9. The number of imide groups is 1. The van der Waals surface area contributed by atoms with Crippen LogP contribution < -0.4 is 4.90 Å². The summed E-state index contributed by atoms with van der Waals surface area (Å²) in [5.41, 5.74) is 0.532. The molecule has 2 fully saturated rings. The van der Waals surface area contributed by atoms with Gasteiger partial charge in [-0.3, -0.25) is 29.4 Å². The van der Waals surface area contributed by atoms with Gasteiger partial charge in [-0.15, -0.1) is 0 Å². The second-order valence-corrected chi connectivity index (χ2v) is 8.21. The van der Waals surface area contributed by atoms with Crippen LogP contribution in [0, 0.1) is 21.4 Å². The van der Waals surface area contributed by atoms with Crippen molar-refractivity contribution in [3.05, 3.63) is 69.8 Å². The molecule has 2 aromatic carbocycles. The highest BCUT2D eigenvalue weighted by atomic mass is 16.6. The van der Waals surface area contributed by atoms with Crippen LogP contribution in [0.15, 0.2) is 48.5 Å². The van der Waals surface area contributed by atoms with Crippen LogP contribution in [0.1, 0.15) is 22.3 Å². The minimum absolute atomic E-state index is 0.0678. The number of hydrogen-bond donors (Lipinski definition) is 0. The van der Waals surface area contributed by atoms with Gasteiger partial charge in [-0.05, 0) is 30.3 Å². The average Bonchev–Trinajstić information content (AvgIpc) is 3.18. The number of morpholine rings is 1. The molecule has 0 saturated carbocycles. The van der Waals surface area contributed by atoms with E-state index in [0.29, 0.717) is 44.1 Å². The number of amides is 3. The van der Waals surface area contributed by atoms with Crippen molar-refractivity contribution >= 4 is 29.1 Å². The summed E-state index contributed by atoms with van der Waals surface area (Å²) in [7, 11) is 0. The van der Waals surface area contributed by atoms with Crippen molar-refractivity contribution in [3.63, 3.8) is 0 Å². The molecule has 0 N–H and O–H groups in total. The summed E-state index contributed by atoms with van der Waals surface area (Å²) < 4.78 is 5.36. The Hall–Kier alpha value is -4.14. The minimum atomic E-state index is -1.05. The first kappa shape index (κ1) is 24.0. The van der Waals surface area contributed by atoms with E-state index in [1.165, 1.54) is 53.4 Å². The zero-order chi connectivity index (χ0) is 24.9. The lowest BCUT2D eigenvalue weighted by Gasteiger charge is -2.32. The van der Waals surface area contributed by atoms with E-state index in [4.69, 9.17) is 10.00 Å². The molecule has 4 rings (SSSR count). The Morgan fingerprint density at radius 2 is 1.89 bits per heavy atom. The molecule has 11 heteroatoms. The highest BCUT2D eigenvalue weighted by Crippen LogP contribution is 2.27. The second kappa shape index (κ2) is 10.4. The van der Waals surface area contributed by atoms with E-state index in [0.717, 1.165) is 4.90 Å². The quantitative estimate of drug-likeness (QED) is 0.333. The van der Waals surface area contributed by atoms with Crippen LogP contribution in [0.3, 0.4) is 0 Å². The molecule has 0 aromatic heterocycles. The van der Waals surface area contributed by atoms with Gasteiger partial charge < -0.3 is 9.64 Å². The zero-order valence-electron chi connectivity index (χ0n) is 18.8. The summed E-state index contributed by atoms with van der Waals surface area (Å²) in [6.45, 7) is 3.09. The summed E-state index contributed by atoms with van der Waals surface area (Å²) in [6.07, 6.45) is -0.206. The van der Waals surface area contributed by atoms with Crippen LogP contribution in [-0.2, 0) is 14.3 Å². The molecule has 180 valence electrons. The first-order valence-corrected chi connectivity index (χ1v) is 11.1. The smallest absolute Gasteiger partial charge is 0.270 e. The van der Waals surface area contributed by atoms with Crippen molar-refractivity contribution in [3.8, 4) is 6.07 Å². The van der Waals surface area contributed by atoms with Crippen molar-refractivity contribution in [2.75, 3.05) is 44.3 Å². The summed E-state index contributed by atoms with van der Waals surface area (Å²) >= 11 is 0. The number of benzene rings is 2. The largest absolute Gasteiger partial charge is 0.379 e. The van der Waals surface area contributed by atoms with Gasteiger partial charge in [-0.2, -0.15) is 5.26 Å². The SMILES string of the molecule is N#Cc1ccc(N2C(=O)CC(N(CCN3CCOCC3)C(=O)c3cccc([N+](=O)[O-])c3)C2=O)cc1. The summed E-state index contributed by atoms with van der Waals surface area (Å²) in [5.74, 6) is -1.58. The predicted octanol–water partition coefficient (Wildman–Crippen LogP) is 1.57. The molecule has 2 aliphatic rings. The van der Waals surface area contributed by atoms with Gasteiger partial charge in [0.2, 0.25) is 5.91 Å². The van der Waals surface area contributed by atoms with Crippen molar-refractivity contribution < 1.29 is 24.0 Å². The van der Waals surface area contributed by atoms with Crippen molar-refractivity contribution in [1.82, 2.24) is 9.80 Å². The minimum Gasteiger partial charge on any atom is -0.379 e. The maximum atomic E-state index is 13.5. The van der Waals surface area contributed by atoms with E-state index >= 15 is 0 Å². The van der Waals surface area contributed by atoms with Crippen LogP contribution in [-0.4, -0.2) is 77.9 Å². The number of carbonyl (C=O) groups excluding carboxylic acids is 3. The number of non-ortho nitro benzene ring substituents is 1. The molecule has 35 heavy (non-hydrogen) atoms. The van der Waals surface area contributed by atoms with E-state index in [9.17, 15) is 24.5 Å². The molecule has 3 amide bonds. The summed E-state index contributed by atoms with van der Waals surface area (Å²) in [4.78, 5) is 54.8. The lowest BCUT2D eigenvalue weighted by atomic mass is 10.1. The fourth-order valence-electron chi connectivity index (χ4n) is 4.21. The van der Waals surface area contributed by atoms with Crippen LogP contribution in [0.2, 0.25) is 0 Å². The first-order valence-electron chi connectivity index (χ1n) is 11.1. The molecule has 1 unspecified atom stereocenters. The number of ether oxygens (including phenoxy) is 1. The highest BCUT2D eigenvalue weighted by molar-refractivity contribution is 6.23. The second-order valence-electron chi connectivity index (χ2n) is 8.21. The fraction of sp³-hybridized carbons (Fsp3) is 0.333. The molecule has 1 atom stereocenters. The number of nitro benzene ring substituents is 1. The number of anilines is 1. The molecule has 2 saturated heterocycles. The Kier molecular flexibility index (Phi) is 7.14. The van der Waals surface area contributed by atoms with Gasteiger partial charge in [-0.25, -0.2) is 4.90 Å². The highest BCUT2D eigenvalue weighted by Gasteiger charge is 2.44. The van der Waals surface area contributed by atoms with Gasteiger partial charge in [0.1, 0.15) is 6.04 Å². The Morgan fingerprint density at radius 1 is 1.17 bits per heavy atom. The van der Waals surface area contributed by atoms with Gasteiger partial charge in [0, 0.05) is 43.9 Å². The average molecular weight is 477 g/mol. The Bertz CT molecular complexity index is 1190. The van der Waals surface area contributed by atoms with E-state index in [1.54, 1.807) is 0 Å². The molecule has 2 heterocycles. The number of nitriles is 1. The molecule has 11 nitrogen and oxygen atoms in total. The lowest BCUT2D eigenvalue weighted by molar-refractivity contribution is -0.384. The fourth-order valence-corrected chi connectivity index (χ4v) is 4.21. The molecule has 2 aliphatic heterocycles. The molecular formula is C24H23N5O6. The van der Waals surface area contributed by atoms with Gasteiger partial charge in [0.15, 0.2) is 0 Å². The molecule has 0 bridgehead atoms. The van der Waals surface area contributed by atoms with Gasteiger partial charge in [0.05, 0.1) is 41.9 Å². The maximum absolute atomic E-state index is 13.5. The number of nitrogens with zero attached hydrogens (tertiary/aromatic N) is 5. The molecular weight excluding hydrogens is 454 g/mol. The van der Waals surface area contributed by atoms with Crippen molar-refractivity contribution in [2.24, 2.45) is 0 Å². The molecule has 0 aliphatic carbocycles. The molecule has 0 spiro atoms. The van der Waals surface area contributed by atoms with Crippen LogP contribution in [0.5, 0.6) is 0 Å². The van der Waals surface area contributed by atoms with E-state index in [1.807, 2.05) is 6.07 Å². The summed E-state index contributed by atoms with van der Waals surface area (Å²) in [6, 6.07) is 12.3. The van der Waals surface area contributed by atoms with Gasteiger partial charge >= 0.3 is 0 Å². The number of hydrogen-bond acceptors (Lipinski definition) is 8. The van der Waals surface area contributed by atoms with E-state index in [-0.39, 0.29) is 24.2 Å². The molecule has 0 radical (unpaired) electrons. The van der Waals surface area contributed by atoms with E-state index in [2.05, 4.69) is 4.90 Å². The van der Waals surface area contributed by atoms with Crippen LogP contribution in [0.25, 0.3) is 0 Å². The topological polar surface area (TPSA) is 137 Å². The normalized spacial score (nSPS) is 18.4. The Balaban J connectivity index is 1.61. The van der Waals surface area contributed by atoms with Crippen molar-refractivity contribution in [1.29, 1.82) is 5.26 Å². The maximum Gasteiger partial charge on any atom is 0.270 e. The third-order valence-corrected chi connectivity index (χ3v) is 6.08. The number of nitro groups is 1. The van der Waals surface area contributed by atoms with Gasteiger partial charge in [-0.1, -0.05) is 6.07 Å². The molecule has 2 aromatic rings. The predicted molar refractivity (Wildman–Crippen MR) is 123 cm³/mol. The monoisotopic (exact) mass is 477 g/mol. The standard InChI is InChI=1S/C24H23N5O6/c25-16-17-4-6-19(7-5-17)28-22(30)15-21(24(28)32)27(9-8-26-10-12-35-13-11-26)23(31)18-2-1-3-20(14-18)29(33)34/h1-7,14,21H,8-13,15H2. The van der Waals surface area contributed by atoms with Crippen LogP contribution >= 0.6 is 0 Å². The Labute approximate surface area is 201 Å². The lowest BCUT2D eigenvalue weighted by Crippen LogP contribution is -2.49. The van der Waals surface area contributed by atoms with Gasteiger partial charge in [0.25, 0.3) is 17.5 Å².